The first-order chi connectivity index (χ1) is 11.0. The minimum Gasteiger partial charge on any atom is -0.313 e. The molecule has 1 aliphatic carbocycles. The Balaban J connectivity index is 1.77. The van der Waals surface area contributed by atoms with Crippen LogP contribution in [-0.2, 0) is 9.59 Å². The van der Waals surface area contributed by atoms with Crippen molar-refractivity contribution in [1.82, 2.24) is 15.1 Å². The molecule has 0 bridgehead atoms. The van der Waals surface area contributed by atoms with E-state index in [9.17, 15) is 14.4 Å². The maximum atomic E-state index is 13.0. The Hall–Kier alpha value is -1.69. The Morgan fingerprint density at radius 3 is 2.74 bits per heavy atom. The number of imide groups is 1. The van der Waals surface area contributed by atoms with Gasteiger partial charge in [-0.05, 0) is 51.5 Å². The minimum absolute atomic E-state index is 0.0645. The fourth-order valence-corrected chi connectivity index (χ4v) is 4.00. The van der Waals surface area contributed by atoms with Crippen molar-refractivity contribution in [3.05, 3.63) is 12.2 Å². The van der Waals surface area contributed by atoms with E-state index >= 15 is 0 Å². The van der Waals surface area contributed by atoms with E-state index in [0.717, 1.165) is 43.5 Å². The van der Waals surface area contributed by atoms with E-state index < -0.39 is 5.54 Å². The lowest BCUT2D eigenvalue weighted by Crippen LogP contribution is -2.51. The first-order valence-electron chi connectivity index (χ1n) is 8.47. The number of amides is 3. The summed E-state index contributed by atoms with van der Waals surface area (Å²) in [5, 5.41) is 3.13. The van der Waals surface area contributed by atoms with Crippen molar-refractivity contribution in [2.45, 2.75) is 50.6 Å². The summed E-state index contributed by atoms with van der Waals surface area (Å²) in [4.78, 5) is 40.6. The average molecular weight is 319 g/mol. The van der Waals surface area contributed by atoms with Crippen LogP contribution in [-0.4, -0.2) is 59.2 Å². The van der Waals surface area contributed by atoms with Crippen LogP contribution < -0.4 is 5.32 Å². The highest BCUT2D eigenvalue weighted by molar-refractivity contribution is 6.09. The molecule has 0 saturated carbocycles. The molecular formula is C17H25N3O3. The van der Waals surface area contributed by atoms with Gasteiger partial charge < -0.3 is 10.2 Å². The summed E-state index contributed by atoms with van der Waals surface area (Å²) in [5.74, 6) is -0.180. The molecule has 3 unspecified atom stereocenters. The number of nitrogens with one attached hydrogen (secondary N) is 1. The van der Waals surface area contributed by atoms with Gasteiger partial charge in [-0.1, -0.05) is 12.2 Å². The third-order valence-corrected chi connectivity index (χ3v) is 5.72. The lowest BCUT2D eigenvalue weighted by Gasteiger charge is -2.37. The molecule has 2 saturated heterocycles. The molecule has 3 aliphatic rings. The van der Waals surface area contributed by atoms with E-state index in [4.69, 9.17) is 0 Å². The van der Waals surface area contributed by atoms with Gasteiger partial charge in [0.05, 0.1) is 12.6 Å². The lowest BCUT2D eigenvalue weighted by molar-refractivity contribution is -0.137. The zero-order chi connectivity index (χ0) is 16.6. The van der Waals surface area contributed by atoms with E-state index in [1.807, 2.05) is 6.92 Å². The lowest BCUT2D eigenvalue weighted by atomic mass is 9.77. The SMILES string of the molecule is CN1C(=O)N(CC(=O)C2CCCN2)C(=O)C1(C)C1CC=CCC1. The van der Waals surface area contributed by atoms with Crippen molar-refractivity contribution in [2.24, 2.45) is 5.92 Å². The second kappa shape index (κ2) is 6.07. The van der Waals surface area contributed by atoms with Crippen LogP contribution in [0.2, 0.25) is 0 Å². The summed E-state index contributed by atoms with van der Waals surface area (Å²) >= 11 is 0. The monoisotopic (exact) mass is 319 g/mol. The van der Waals surface area contributed by atoms with Crippen LogP contribution in [0.3, 0.4) is 0 Å². The van der Waals surface area contributed by atoms with Crippen LogP contribution in [0, 0.1) is 5.92 Å². The van der Waals surface area contributed by atoms with Crippen LogP contribution in [0.1, 0.15) is 39.0 Å². The quantitative estimate of drug-likeness (QED) is 0.627. The molecule has 0 radical (unpaired) electrons. The number of carbonyl (C=O) groups excluding carboxylic acids is 3. The molecule has 1 N–H and O–H groups in total. The predicted octanol–water partition coefficient (Wildman–Crippen LogP) is 1.32. The van der Waals surface area contributed by atoms with E-state index in [1.54, 1.807) is 7.05 Å². The number of Topliss-reactive ketones (excluding diaryl/α,β-unsaturated/α-hetero) is 1. The standard InChI is InChI=1S/C17H25N3O3/c1-17(12-7-4-3-5-8-12)15(22)20(16(23)19(17)2)11-14(21)13-9-6-10-18-13/h3-4,12-13,18H,5-11H2,1-2H3. The molecular weight excluding hydrogens is 294 g/mol. The number of rotatable bonds is 4. The number of hydrogen-bond donors (Lipinski definition) is 1. The number of ketones is 1. The molecule has 0 aromatic heterocycles. The fraction of sp³-hybridized carbons (Fsp3) is 0.706. The summed E-state index contributed by atoms with van der Waals surface area (Å²) in [5.41, 5.74) is -0.842. The minimum atomic E-state index is -0.842. The Labute approximate surface area is 136 Å². The third-order valence-electron chi connectivity index (χ3n) is 5.72. The van der Waals surface area contributed by atoms with Crippen molar-refractivity contribution >= 4 is 17.7 Å². The molecule has 2 heterocycles. The molecule has 3 atom stereocenters. The molecule has 6 nitrogen and oxygen atoms in total. The maximum absolute atomic E-state index is 13.0. The van der Waals surface area contributed by atoms with E-state index in [1.165, 1.54) is 4.90 Å². The van der Waals surface area contributed by atoms with Crippen LogP contribution in [0.5, 0.6) is 0 Å². The number of hydrogen-bond acceptors (Lipinski definition) is 4. The molecule has 3 amide bonds. The van der Waals surface area contributed by atoms with Crippen molar-refractivity contribution in [2.75, 3.05) is 20.1 Å². The van der Waals surface area contributed by atoms with Crippen molar-refractivity contribution in [3.8, 4) is 0 Å². The van der Waals surface area contributed by atoms with Gasteiger partial charge in [0.15, 0.2) is 5.78 Å². The van der Waals surface area contributed by atoms with Crippen molar-refractivity contribution < 1.29 is 14.4 Å². The predicted molar refractivity (Wildman–Crippen MR) is 85.8 cm³/mol. The van der Waals surface area contributed by atoms with Gasteiger partial charge in [-0.25, -0.2) is 4.79 Å². The Morgan fingerprint density at radius 2 is 2.13 bits per heavy atom. The van der Waals surface area contributed by atoms with Gasteiger partial charge in [0.2, 0.25) is 0 Å². The number of likely N-dealkylation sites (N-methyl/N-ethyl adjacent to an activating group) is 1. The molecule has 23 heavy (non-hydrogen) atoms. The number of allylic oxidation sites excluding steroid dienone is 2. The van der Waals surface area contributed by atoms with Gasteiger partial charge in [-0.2, -0.15) is 0 Å². The highest BCUT2D eigenvalue weighted by Crippen LogP contribution is 2.39. The molecule has 126 valence electrons. The molecule has 0 aromatic carbocycles. The van der Waals surface area contributed by atoms with Gasteiger partial charge in [-0.15, -0.1) is 0 Å². The van der Waals surface area contributed by atoms with E-state index in [-0.39, 0.29) is 36.2 Å². The first-order valence-corrected chi connectivity index (χ1v) is 8.47. The van der Waals surface area contributed by atoms with Crippen LogP contribution >= 0.6 is 0 Å². The summed E-state index contributed by atoms with van der Waals surface area (Å²) in [6.45, 7) is 2.55. The summed E-state index contributed by atoms with van der Waals surface area (Å²) < 4.78 is 0. The summed E-state index contributed by atoms with van der Waals surface area (Å²) in [6.07, 6.45) is 8.57. The van der Waals surface area contributed by atoms with Crippen molar-refractivity contribution in [1.29, 1.82) is 0 Å². The zero-order valence-corrected chi connectivity index (χ0v) is 13.9. The summed E-state index contributed by atoms with van der Waals surface area (Å²) in [6, 6.07) is -0.566. The average Bonchev–Trinajstić information content (AvgIpc) is 3.16. The highest BCUT2D eigenvalue weighted by atomic mass is 16.2. The molecule has 0 spiro atoms. The van der Waals surface area contributed by atoms with Gasteiger partial charge in [-0.3, -0.25) is 14.5 Å². The van der Waals surface area contributed by atoms with Gasteiger partial charge in [0, 0.05) is 7.05 Å². The molecule has 3 rings (SSSR count). The first kappa shape index (κ1) is 16.2. The van der Waals surface area contributed by atoms with Crippen LogP contribution in [0.25, 0.3) is 0 Å². The molecule has 6 heteroatoms. The van der Waals surface area contributed by atoms with Gasteiger partial charge >= 0.3 is 6.03 Å². The normalized spacial score (nSPS) is 34.5. The number of urea groups is 1. The Kier molecular flexibility index (Phi) is 4.27. The fourth-order valence-electron chi connectivity index (χ4n) is 4.00. The zero-order valence-electron chi connectivity index (χ0n) is 13.9. The molecule has 2 fully saturated rings. The number of nitrogens with zero attached hydrogens (tertiary/aromatic N) is 2. The second-order valence-electron chi connectivity index (χ2n) is 6.98. The van der Waals surface area contributed by atoms with Crippen molar-refractivity contribution in [3.63, 3.8) is 0 Å². The van der Waals surface area contributed by atoms with Gasteiger partial charge in [0.1, 0.15) is 5.54 Å². The second-order valence-corrected chi connectivity index (χ2v) is 6.98. The molecule has 2 aliphatic heterocycles. The maximum Gasteiger partial charge on any atom is 0.327 e. The smallest absolute Gasteiger partial charge is 0.313 e. The van der Waals surface area contributed by atoms with E-state index in [0.29, 0.717) is 0 Å². The van der Waals surface area contributed by atoms with E-state index in [2.05, 4.69) is 17.5 Å². The molecule has 0 aromatic rings. The highest BCUT2D eigenvalue weighted by Gasteiger charge is 2.56. The summed E-state index contributed by atoms with van der Waals surface area (Å²) in [7, 11) is 1.68. The van der Waals surface area contributed by atoms with Crippen LogP contribution in [0.4, 0.5) is 4.79 Å². The van der Waals surface area contributed by atoms with Crippen LogP contribution in [0.15, 0.2) is 12.2 Å². The largest absolute Gasteiger partial charge is 0.327 e. The Bertz CT molecular complexity index is 553. The Morgan fingerprint density at radius 1 is 1.35 bits per heavy atom. The van der Waals surface area contributed by atoms with Gasteiger partial charge in [0.25, 0.3) is 5.91 Å². The third kappa shape index (κ3) is 2.59. The number of carbonyl (C=O) groups is 3. The topological polar surface area (TPSA) is 69.7 Å².